The normalized spacial score (nSPS) is 32.9. The first kappa shape index (κ1) is 11.4. The molecule has 0 aromatic rings. The van der Waals surface area contributed by atoms with E-state index in [4.69, 9.17) is 4.74 Å². The van der Waals surface area contributed by atoms with E-state index in [2.05, 4.69) is 5.32 Å². The molecule has 2 fully saturated rings. The number of alkyl carbamates (subject to hydrolysis) is 1. The molecule has 2 aliphatic carbocycles. The van der Waals surface area contributed by atoms with Crippen LogP contribution in [0.25, 0.3) is 0 Å². The van der Waals surface area contributed by atoms with Crippen molar-refractivity contribution < 1.29 is 14.3 Å². The van der Waals surface area contributed by atoms with Gasteiger partial charge in [0.15, 0.2) is 0 Å². The van der Waals surface area contributed by atoms with Crippen LogP contribution in [0.1, 0.15) is 40.0 Å². The largest absolute Gasteiger partial charge is 0.444 e. The minimum Gasteiger partial charge on any atom is -0.444 e. The van der Waals surface area contributed by atoms with Gasteiger partial charge in [0.05, 0.1) is 0 Å². The summed E-state index contributed by atoms with van der Waals surface area (Å²) in [6.45, 7) is 5.53. The fourth-order valence-electron chi connectivity index (χ4n) is 2.67. The highest BCUT2D eigenvalue weighted by Crippen LogP contribution is 2.42. The molecular formula is C12H19NO3. The molecule has 90 valence electrons. The van der Waals surface area contributed by atoms with E-state index in [1.54, 1.807) is 0 Å². The summed E-state index contributed by atoms with van der Waals surface area (Å²) >= 11 is 0. The van der Waals surface area contributed by atoms with Crippen LogP contribution in [0.4, 0.5) is 4.79 Å². The zero-order valence-electron chi connectivity index (χ0n) is 10.1. The van der Waals surface area contributed by atoms with Crippen LogP contribution >= 0.6 is 0 Å². The van der Waals surface area contributed by atoms with E-state index < -0.39 is 5.60 Å². The van der Waals surface area contributed by atoms with E-state index in [0.717, 1.165) is 12.8 Å². The number of Topliss-reactive ketones (excluding diaryl/α,β-unsaturated/α-hetero) is 1. The second-order valence-corrected chi connectivity index (χ2v) is 5.85. The van der Waals surface area contributed by atoms with Gasteiger partial charge >= 0.3 is 6.09 Å². The molecule has 0 radical (unpaired) electrons. The van der Waals surface area contributed by atoms with Gasteiger partial charge in [-0.15, -0.1) is 0 Å². The van der Waals surface area contributed by atoms with E-state index >= 15 is 0 Å². The van der Waals surface area contributed by atoms with Crippen molar-refractivity contribution in [3.05, 3.63) is 0 Å². The first-order chi connectivity index (χ1) is 7.35. The van der Waals surface area contributed by atoms with Crippen molar-refractivity contribution in [1.29, 1.82) is 0 Å². The van der Waals surface area contributed by atoms with Crippen molar-refractivity contribution in [2.75, 3.05) is 0 Å². The maximum absolute atomic E-state index is 11.6. The summed E-state index contributed by atoms with van der Waals surface area (Å²) in [6.07, 6.45) is 2.00. The Bertz CT molecular complexity index is 319. The van der Waals surface area contributed by atoms with Gasteiger partial charge in [0.2, 0.25) is 0 Å². The van der Waals surface area contributed by atoms with Crippen LogP contribution < -0.4 is 5.32 Å². The molecule has 1 N–H and O–H groups in total. The summed E-state index contributed by atoms with van der Waals surface area (Å²) in [5.41, 5.74) is -0.461. The molecule has 0 unspecified atom stereocenters. The highest BCUT2D eigenvalue weighted by atomic mass is 16.6. The number of fused-ring (bicyclic) bond motifs is 2. The molecule has 0 heterocycles. The molecule has 3 atom stereocenters. The molecular weight excluding hydrogens is 206 g/mol. The third kappa shape index (κ3) is 2.36. The first-order valence-electron chi connectivity index (χ1n) is 5.87. The third-order valence-corrected chi connectivity index (χ3v) is 3.32. The Hall–Kier alpha value is -1.06. The van der Waals surface area contributed by atoms with Crippen molar-refractivity contribution in [3.8, 4) is 0 Å². The molecule has 1 amide bonds. The highest BCUT2D eigenvalue weighted by Gasteiger charge is 2.45. The van der Waals surface area contributed by atoms with E-state index in [0.29, 0.717) is 18.1 Å². The van der Waals surface area contributed by atoms with Crippen LogP contribution in [0.2, 0.25) is 0 Å². The van der Waals surface area contributed by atoms with E-state index in [-0.39, 0.29) is 18.1 Å². The number of hydrogen-bond acceptors (Lipinski definition) is 3. The van der Waals surface area contributed by atoms with Gasteiger partial charge < -0.3 is 10.1 Å². The lowest BCUT2D eigenvalue weighted by molar-refractivity contribution is -0.122. The second-order valence-electron chi connectivity index (χ2n) is 5.85. The quantitative estimate of drug-likeness (QED) is 0.741. The van der Waals surface area contributed by atoms with Crippen LogP contribution in [-0.2, 0) is 9.53 Å². The Kier molecular flexibility index (Phi) is 2.68. The standard InChI is InChI=1S/C12H19NO3/c1-12(2,3)16-11(15)13-9-5-8-4-7(9)6-10(8)14/h7-9H,4-6H2,1-3H3,(H,13,15)/t7-,8-,9-/m1/s1. The lowest BCUT2D eigenvalue weighted by atomic mass is 9.94. The molecule has 2 rings (SSSR count). The smallest absolute Gasteiger partial charge is 0.407 e. The number of amides is 1. The zero-order chi connectivity index (χ0) is 11.9. The number of carbonyl (C=O) groups excluding carboxylic acids is 2. The highest BCUT2D eigenvalue weighted by molar-refractivity contribution is 5.85. The van der Waals surface area contributed by atoms with Gasteiger partial charge in [-0.3, -0.25) is 4.79 Å². The number of carbonyl (C=O) groups is 2. The SMILES string of the molecule is CC(C)(C)OC(=O)N[C@@H]1C[C@H]2C[C@@H]1CC2=O. The monoisotopic (exact) mass is 225 g/mol. The zero-order valence-corrected chi connectivity index (χ0v) is 10.1. The van der Waals surface area contributed by atoms with Gasteiger partial charge in [0.1, 0.15) is 11.4 Å². The summed E-state index contributed by atoms with van der Waals surface area (Å²) in [4.78, 5) is 22.9. The average Bonchev–Trinajstić information content (AvgIpc) is 2.58. The summed E-state index contributed by atoms with van der Waals surface area (Å²) in [6, 6.07) is 0.137. The topological polar surface area (TPSA) is 55.4 Å². The maximum atomic E-state index is 11.6. The number of hydrogen-bond donors (Lipinski definition) is 1. The molecule has 0 aliphatic heterocycles. The second kappa shape index (κ2) is 3.75. The molecule has 2 saturated carbocycles. The predicted molar refractivity (Wildman–Crippen MR) is 59.0 cm³/mol. The van der Waals surface area contributed by atoms with Gasteiger partial charge in [-0.1, -0.05) is 0 Å². The third-order valence-electron chi connectivity index (χ3n) is 3.32. The number of ether oxygens (including phenoxy) is 1. The van der Waals surface area contributed by atoms with Crippen LogP contribution in [-0.4, -0.2) is 23.5 Å². The van der Waals surface area contributed by atoms with Gasteiger partial charge in [0.25, 0.3) is 0 Å². The molecule has 4 heteroatoms. The van der Waals surface area contributed by atoms with Crippen LogP contribution in [0.5, 0.6) is 0 Å². The van der Waals surface area contributed by atoms with Crippen molar-refractivity contribution in [2.24, 2.45) is 11.8 Å². The summed E-state index contributed by atoms with van der Waals surface area (Å²) in [5.74, 6) is 0.891. The molecule has 2 bridgehead atoms. The van der Waals surface area contributed by atoms with Gasteiger partial charge in [-0.2, -0.15) is 0 Å². The Morgan fingerprint density at radius 1 is 1.38 bits per heavy atom. The molecule has 0 aromatic heterocycles. The molecule has 0 aromatic carbocycles. The van der Waals surface area contributed by atoms with Crippen molar-refractivity contribution in [1.82, 2.24) is 5.32 Å². The van der Waals surface area contributed by atoms with Crippen molar-refractivity contribution >= 4 is 11.9 Å². The average molecular weight is 225 g/mol. The number of nitrogens with one attached hydrogen (secondary N) is 1. The summed E-state index contributed by atoms with van der Waals surface area (Å²) in [7, 11) is 0. The van der Waals surface area contributed by atoms with Crippen LogP contribution in [0, 0.1) is 11.8 Å². The van der Waals surface area contributed by atoms with Gasteiger partial charge in [-0.25, -0.2) is 4.79 Å². The van der Waals surface area contributed by atoms with Crippen LogP contribution in [0.15, 0.2) is 0 Å². The molecule has 16 heavy (non-hydrogen) atoms. The van der Waals surface area contributed by atoms with E-state index in [1.165, 1.54) is 0 Å². The Morgan fingerprint density at radius 3 is 2.50 bits per heavy atom. The Morgan fingerprint density at radius 2 is 2.06 bits per heavy atom. The maximum Gasteiger partial charge on any atom is 0.407 e. The summed E-state index contributed by atoms with van der Waals surface area (Å²) < 4.78 is 5.20. The predicted octanol–water partition coefficient (Wildman–Crippen LogP) is 1.88. The summed E-state index contributed by atoms with van der Waals surface area (Å²) in [5, 5.41) is 2.87. The van der Waals surface area contributed by atoms with Gasteiger partial charge in [-0.05, 0) is 39.5 Å². The first-order valence-corrected chi connectivity index (χ1v) is 5.87. The van der Waals surface area contributed by atoms with E-state index in [9.17, 15) is 9.59 Å². The Balaban J connectivity index is 1.84. The van der Waals surface area contributed by atoms with E-state index in [1.807, 2.05) is 20.8 Å². The van der Waals surface area contributed by atoms with Crippen LogP contribution in [0.3, 0.4) is 0 Å². The minimum atomic E-state index is -0.461. The number of ketones is 1. The lowest BCUT2D eigenvalue weighted by Crippen LogP contribution is -2.42. The Labute approximate surface area is 95.7 Å². The molecule has 2 aliphatic rings. The minimum absolute atomic E-state index is 0.137. The van der Waals surface area contributed by atoms with Gasteiger partial charge in [0, 0.05) is 18.4 Å². The number of rotatable bonds is 1. The molecule has 0 saturated heterocycles. The fraction of sp³-hybridized carbons (Fsp3) is 0.833. The van der Waals surface area contributed by atoms with Crippen molar-refractivity contribution in [2.45, 2.75) is 51.7 Å². The van der Waals surface area contributed by atoms with Crippen molar-refractivity contribution in [3.63, 3.8) is 0 Å². The molecule has 0 spiro atoms. The molecule has 4 nitrogen and oxygen atoms in total. The fourth-order valence-corrected chi connectivity index (χ4v) is 2.67. The lowest BCUT2D eigenvalue weighted by Gasteiger charge is -2.25.